The average Bonchev–Trinajstić information content (AvgIpc) is 2.15. The van der Waals surface area contributed by atoms with Crippen LogP contribution in [0.3, 0.4) is 0 Å². The Balaban J connectivity index is 2.10. The summed E-state index contributed by atoms with van der Waals surface area (Å²) in [5.74, 6) is 0. The maximum absolute atomic E-state index is 5.75. The molecule has 1 heterocycles. The van der Waals surface area contributed by atoms with Gasteiger partial charge in [-0.3, -0.25) is 0 Å². The van der Waals surface area contributed by atoms with Crippen LogP contribution in [0.2, 0.25) is 12.6 Å². The van der Waals surface area contributed by atoms with Gasteiger partial charge in [0.1, 0.15) is 0 Å². The molecule has 0 amide bonds. The maximum atomic E-state index is 5.75. The molecule has 0 aliphatic carbocycles. The first kappa shape index (κ1) is 14.1. The first-order valence-corrected chi connectivity index (χ1v) is 8.73. The van der Waals surface area contributed by atoms with Crippen LogP contribution in [-0.2, 0) is 18.3 Å². The monoisotopic (exact) mass is 248 g/mol. The number of hydrogen-bond acceptors (Lipinski definition) is 4. The van der Waals surface area contributed by atoms with Crippen molar-refractivity contribution >= 4 is 8.56 Å². The molecule has 1 rings (SSSR count). The summed E-state index contributed by atoms with van der Waals surface area (Å²) in [6, 6.07) is 0.988. The van der Waals surface area contributed by atoms with Crippen LogP contribution in [0.4, 0.5) is 0 Å². The van der Waals surface area contributed by atoms with E-state index in [1.165, 1.54) is 0 Å². The molecule has 0 radical (unpaired) electrons. The molecule has 0 aromatic heterocycles. The topological polar surface area (TPSA) is 36.9 Å². The summed E-state index contributed by atoms with van der Waals surface area (Å²) in [5, 5.41) is 0. The van der Waals surface area contributed by atoms with E-state index in [1.54, 1.807) is 0 Å². The van der Waals surface area contributed by atoms with Crippen molar-refractivity contribution < 1.29 is 18.3 Å². The fourth-order valence-electron chi connectivity index (χ4n) is 1.75. The van der Waals surface area contributed by atoms with E-state index < -0.39 is 8.56 Å². The minimum atomic E-state index is -1.93. The quantitative estimate of drug-likeness (QED) is 0.463. The Morgan fingerprint density at radius 3 is 2.31 bits per heavy atom. The molecule has 1 fully saturated rings. The molecule has 1 atom stereocenters. The fourth-order valence-corrected chi connectivity index (χ4v) is 4.13. The van der Waals surface area contributed by atoms with E-state index in [1.807, 2.05) is 13.8 Å². The second-order valence-corrected chi connectivity index (χ2v) is 7.41. The molecule has 1 aliphatic rings. The summed E-state index contributed by atoms with van der Waals surface area (Å²) in [4.78, 5) is 0. The van der Waals surface area contributed by atoms with Gasteiger partial charge in [-0.1, -0.05) is 0 Å². The summed E-state index contributed by atoms with van der Waals surface area (Å²) in [7, 11) is -1.93. The molecule has 16 heavy (non-hydrogen) atoms. The summed E-state index contributed by atoms with van der Waals surface area (Å²) in [5.41, 5.74) is 0. The molecule has 0 aromatic carbocycles. The molecule has 4 nitrogen and oxygen atoms in total. The Kier molecular flexibility index (Phi) is 6.53. The number of ether oxygens (including phenoxy) is 2. The van der Waals surface area contributed by atoms with Crippen LogP contribution in [0.1, 0.15) is 26.7 Å². The van der Waals surface area contributed by atoms with Gasteiger partial charge in [0.05, 0.1) is 6.61 Å². The van der Waals surface area contributed by atoms with E-state index in [4.69, 9.17) is 18.3 Å². The van der Waals surface area contributed by atoms with Crippen LogP contribution in [-0.4, -0.2) is 41.3 Å². The van der Waals surface area contributed by atoms with Crippen LogP contribution < -0.4 is 0 Å². The zero-order valence-corrected chi connectivity index (χ0v) is 11.7. The molecule has 1 aliphatic heterocycles. The Bertz CT molecular complexity index is 179. The van der Waals surface area contributed by atoms with E-state index >= 15 is 0 Å². The minimum Gasteiger partial charge on any atom is -0.395 e. The lowest BCUT2D eigenvalue weighted by Gasteiger charge is -2.28. The predicted octanol–water partition coefficient (Wildman–Crippen LogP) is 2.28. The zero-order valence-electron chi connectivity index (χ0n) is 10.7. The lowest BCUT2D eigenvalue weighted by Crippen LogP contribution is -2.39. The highest BCUT2D eigenvalue weighted by atomic mass is 28.4. The summed E-state index contributed by atoms with van der Waals surface area (Å²) >= 11 is 0. The highest BCUT2D eigenvalue weighted by Gasteiger charge is 2.30. The highest BCUT2D eigenvalue weighted by Crippen LogP contribution is 2.17. The normalized spacial score (nSPS) is 20.8. The molecule has 0 N–H and O–H groups in total. The van der Waals surface area contributed by atoms with Crippen molar-refractivity contribution in [1.82, 2.24) is 0 Å². The molecule has 0 spiro atoms. The van der Waals surface area contributed by atoms with Gasteiger partial charge in [-0.15, -0.1) is 0 Å². The maximum Gasteiger partial charge on any atom is 0.334 e. The average molecular weight is 248 g/mol. The van der Waals surface area contributed by atoms with Crippen molar-refractivity contribution in [1.29, 1.82) is 0 Å². The fraction of sp³-hybridized carbons (Fsp3) is 1.00. The molecule has 0 bridgehead atoms. The van der Waals surface area contributed by atoms with Crippen molar-refractivity contribution in [3.05, 3.63) is 0 Å². The van der Waals surface area contributed by atoms with Crippen LogP contribution in [0.15, 0.2) is 0 Å². The smallest absolute Gasteiger partial charge is 0.334 e. The van der Waals surface area contributed by atoms with Gasteiger partial charge in [0.15, 0.2) is 6.29 Å². The van der Waals surface area contributed by atoms with Gasteiger partial charge in [0.2, 0.25) is 0 Å². The molecule has 0 aromatic rings. The Hall–Kier alpha value is 0.0569. The van der Waals surface area contributed by atoms with Gasteiger partial charge in [-0.25, -0.2) is 0 Å². The van der Waals surface area contributed by atoms with Crippen molar-refractivity contribution in [3.8, 4) is 0 Å². The van der Waals surface area contributed by atoms with E-state index in [9.17, 15) is 0 Å². The molecule has 0 saturated carbocycles. The third kappa shape index (κ3) is 4.93. The van der Waals surface area contributed by atoms with Crippen molar-refractivity contribution in [2.45, 2.75) is 45.6 Å². The highest BCUT2D eigenvalue weighted by molar-refractivity contribution is 6.66. The lowest BCUT2D eigenvalue weighted by molar-refractivity contribution is -0.214. The second-order valence-electron chi connectivity index (χ2n) is 4.06. The standard InChI is InChI=1S/C11H24O4Si/c1-4-14-16(3,15-5-2)10-6-8-12-11-7-9-13-11/h11H,4-10H2,1-3H3. The van der Waals surface area contributed by atoms with Gasteiger partial charge < -0.3 is 18.3 Å². The van der Waals surface area contributed by atoms with Gasteiger partial charge in [-0.2, -0.15) is 0 Å². The van der Waals surface area contributed by atoms with E-state index in [-0.39, 0.29) is 6.29 Å². The largest absolute Gasteiger partial charge is 0.395 e. The number of rotatable bonds is 9. The zero-order chi connectivity index (χ0) is 11.9. The molecule has 1 saturated heterocycles. The third-order valence-electron chi connectivity index (χ3n) is 2.64. The van der Waals surface area contributed by atoms with E-state index in [0.717, 1.165) is 45.3 Å². The molecular weight excluding hydrogens is 224 g/mol. The van der Waals surface area contributed by atoms with Crippen molar-refractivity contribution in [3.63, 3.8) is 0 Å². The van der Waals surface area contributed by atoms with Crippen molar-refractivity contribution in [2.24, 2.45) is 0 Å². The summed E-state index contributed by atoms with van der Waals surface area (Å²) in [6.07, 6.45) is 2.07. The molecule has 5 heteroatoms. The molecule has 1 unspecified atom stereocenters. The Morgan fingerprint density at radius 2 is 1.88 bits per heavy atom. The Morgan fingerprint density at radius 1 is 1.25 bits per heavy atom. The van der Waals surface area contributed by atoms with Gasteiger partial charge >= 0.3 is 8.56 Å². The lowest BCUT2D eigenvalue weighted by atomic mass is 10.3. The van der Waals surface area contributed by atoms with Crippen molar-refractivity contribution in [2.75, 3.05) is 26.4 Å². The van der Waals surface area contributed by atoms with Crippen LogP contribution in [0.25, 0.3) is 0 Å². The summed E-state index contributed by atoms with van der Waals surface area (Å²) < 4.78 is 22.2. The Labute approximate surface area is 99.5 Å². The first-order chi connectivity index (χ1) is 7.70. The van der Waals surface area contributed by atoms with Gasteiger partial charge in [-0.05, 0) is 32.9 Å². The van der Waals surface area contributed by atoms with Gasteiger partial charge in [0.25, 0.3) is 0 Å². The first-order valence-electron chi connectivity index (χ1n) is 6.21. The molecular formula is C11H24O4Si. The predicted molar refractivity (Wildman–Crippen MR) is 64.6 cm³/mol. The van der Waals surface area contributed by atoms with E-state index in [2.05, 4.69) is 6.55 Å². The van der Waals surface area contributed by atoms with Crippen LogP contribution >= 0.6 is 0 Å². The van der Waals surface area contributed by atoms with Crippen LogP contribution in [0.5, 0.6) is 0 Å². The number of hydrogen-bond donors (Lipinski definition) is 0. The minimum absolute atomic E-state index is 0.0482. The summed E-state index contributed by atoms with van der Waals surface area (Å²) in [6.45, 7) is 9.21. The second kappa shape index (κ2) is 7.40. The van der Waals surface area contributed by atoms with Crippen LogP contribution in [0, 0.1) is 0 Å². The van der Waals surface area contributed by atoms with E-state index in [0.29, 0.717) is 0 Å². The SMILES string of the molecule is CCO[Si](C)(CCCOC1CCO1)OCC. The van der Waals surface area contributed by atoms with Gasteiger partial charge in [0, 0.05) is 26.2 Å². The molecule has 96 valence electrons. The third-order valence-corrected chi connectivity index (χ3v) is 5.70.